The summed E-state index contributed by atoms with van der Waals surface area (Å²) in [5.41, 5.74) is 0. The summed E-state index contributed by atoms with van der Waals surface area (Å²) >= 11 is 1.47. The number of aliphatic hydroxyl groups excluding tert-OH is 1. The Hall–Kier alpha value is -2.17. The number of aromatic nitrogens is 6. The molecule has 0 atom stereocenters. The lowest BCUT2D eigenvalue weighted by Crippen LogP contribution is -2.33. The summed E-state index contributed by atoms with van der Waals surface area (Å²) in [5.74, 6) is 2.94. The van der Waals surface area contributed by atoms with Crippen molar-refractivity contribution in [1.29, 1.82) is 0 Å². The molecule has 1 aliphatic rings. The normalized spacial score (nSPS) is 16.3. The second-order valence-corrected chi connectivity index (χ2v) is 7.76. The van der Waals surface area contributed by atoms with E-state index in [4.69, 9.17) is 4.42 Å². The third-order valence-corrected chi connectivity index (χ3v) is 5.94. The van der Waals surface area contributed by atoms with E-state index in [-0.39, 0.29) is 6.61 Å². The van der Waals surface area contributed by atoms with Gasteiger partial charge in [0.15, 0.2) is 16.1 Å². The van der Waals surface area contributed by atoms with Crippen LogP contribution >= 0.6 is 11.8 Å². The first-order valence-electron chi connectivity index (χ1n) is 8.96. The number of hydrogen-bond acceptors (Lipinski definition) is 8. The summed E-state index contributed by atoms with van der Waals surface area (Å²) in [6, 6.07) is 4.01. The second kappa shape index (κ2) is 7.83. The molecule has 0 amide bonds. The van der Waals surface area contributed by atoms with Crippen LogP contribution in [0.4, 0.5) is 0 Å². The zero-order chi connectivity index (χ0) is 18.8. The standard InChI is InChI=1S/C17H23N7O2S/c1-22-11-18-21-17(22)27-15-4-3-13(26-15)9-24-7-5-12(6-8-24)16-20-19-14(10-25)23(16)2/h3-4,11-12,25H,5-10H2,1-2H3. The number of aliphatic hydroxyl groups is 1. The van der Waals surface area contributed by atoms with Crippen molar-refractivity contribution in [2.45, 2.75) is 42.2 Å². The van der Waals surface area contributed by atoms with Gasteiger partial charge in [-0.1, -0.05) is 0 Å². The van der Waals surface area contributed by atoms with E-state index in [0.29, 0.717) is 11.7 Å². The molecule has 144 valence electrons. The summed E-state index contributed by atoms with van der Waals surface area (Å²) in [6.07, 6.45) is 3.73. The molecular weight excluding hydrogens is 366 g/mol. The smallest absolute Gasteiger partial charge is 0.198 e. The topological polar surface area (TPSA) is 98.0 Å². The molecule has 0 bridgehead atoms. The van der Waals surface area contributed by atoms with E-state index in [1.165, 1.54) is 11.8 Å². The molecule has 0 radical (unpaired) electrons. The molecule has 0 spiro atoms. The molecule has 0 aliphatic carbocycles. The van der Waals surface area contributed by atoms with Crippen molar-refractivity contribution >= 4 is 11.8 Å². The van der Waals surface area contributed by atoms with Crippen molar-refractivity contribution < 1.29 is 9.52 Å². The van der Waals surface area contributed by atoms with Crippen molar-refractivity contribution in [3.8, 4) is 0 Å². The molecule has 0 saturated carbocycles. The highest BCUT2D eigenvalue weighted by atomic mass is 32.2. The maximum absolute atomic E-state index is 9.28. The Labute approximate surface area is 161 Å². The van der Waals surface area contributed by atoms with Crippen LogP contribution in [0, 0.1) is 0 Å². The van der Waals surface area contributed by atoms with Crippen molar-refractivity contribution in [2.24, 2.45) is 14.1 Å². The molecule has 4 heterocycles. The van der Waals surface area contributed by atoms with Crippen molar-refractivity contribution in [3.63, 3.8) is 0 Å². The van der Waals surface area contributed by atoms with Gasteiger partial charge in [-0.2, -0.15) is 0 Å². The van der Waals surface area contributed by atoms with Gasteiger partial charge in [-0.15, -0.1) is 20.4 Å². The van der Waals surface area contributed by atoms with Crippen LogP contribution in [0.25, 0.3) is 0 Å². The molecule has 3 aromatic heterocycles. The highest BCUT2D eigenvalue weighted by Crippen LogP contribution is 2.30. The molecule has 1 fully saturated rings. The highest BCUT2D eigenvalue weighted by Gasteiger charge is 2.25. The lowest BCUT2D eigenvalue weighted by molar-refractivity contribution is 0.183. The summed E-state index contributed by atoms with van der Waals surface area (Å²) < 4.78 is 9.74. The number of piperidine rings is 1. The first-order chi connectivity index (χ1) is 13.1. The molecule has 10 heteroatoms. The van der Waals surface area contributed by atoms with Gasteiger partial charge >= 0.3 is 0 Å². The highest BCUT2D eigenvalue weighted by molar-refractivity contribution is 7.99. The molecule has 27 heavy (non-hydrogen) atoms. The van der Waals surface area contributed by atoms with Crippen LogP contribution in [-0.4, -0.2) is 52.6 Å². The summed E-state index contributed by atoms with van der Waals surface area (Å²) in [5, 5.41) is 27.2. The first kappa shape index (κ1) is 18.2. The molecule has 1 aliphatic heterocycles. The van der Waals surface area contributed by atoms with E-state index < -0.39 is 0 Å². The largest absolute Gasteiger partial charge is 0.453 e. The van der Waals surface area contributed by atoms with E-state index >= 15 is 0 Å². The third-order valence-electron chi connectivity index (χ3n) is 4.97. The Morgan fingerprint density at radius 1 is 1.19 bits per heavy atom. The van der Waals surface area contributed by atoms with Crippen LogP contribution in [0.15, 0.2) is 33.1 Å². The van der Waals surface area contributed by atoms with E-state index in [2.05, 4.69) is 25.3 Å². The number of nitrogens with zero attached hydrogens (tertiary/aromatic N) is 7. The van der Waals surface area contributed by atoms with E-state index in [0.717, 1.165) is 54.3 Å². The van der Waals surface area contributed by atoms with Crippen LogP contribution in [0.1, 0.15) is 36.2 Å². The van der Waals surface area contributed by atoms with Gasteiger partial charge in [-0.25, -0.2) is 0 Å². The number of furan rings is 1. The number of rotatable bonds is 6. The van der Waals surface area contributed by atoms with E-state index in [1.54, 1.807) is 6.33 Å². The average Bonchev–Trinajstić information content (AvgIpc) is 3.38. The predicted molar refractivity (Wildman–Crippen MR) is 98.0 cm³/mol. The van der Waals surface area contributed by atoms with Crippen LogP contribution in [0.3, 0.4) is 0 Å². The zero-order valence-corrected chi connectivity index (χ0v) is 16.3. The molecule has 3 aromatic rings. The second-order valence-electron chi connectivity index (χ2n) is 6.79. The van der Waals surface area contributed by atoms with Crippen LogP contribution in [0.5, 0.6) is 0 Å². The van der Waals surface area contributed by atoms with Gasteiger partial charge in [0.1, 0.15) is 24.5 Å². The number of hydrogen-bond donors (Lipinski definition) is 1. The van der Waals surface area contributed by atoms with Gasteiger partial charge in [0.25, 0.3) is 0 Å². The fourth-order valence-electron chi connectivity index (χ4n) is 3.39. The lowest BCUT2D eigenvalue weighted by atomic mass is 9.96. The number of aryl methyl sites for hydroxylation is 1. The monoisotopic (exact) mass is 389 g/mol. The zero-order valence-electron chi connectivity index (χ0n) is 15.4. The van der Waals surface area contributed by atoms with Crippen molar-refractivity contribution in [2.75, 3.05) is 13.1 Å². The summed E-state index contributed by atoms with van der Waals surface area (Å²) in [7, 11) is 3.84. The fourth-order valence-corrected chi connectivity index (χ4v) is 4.14. The third kappa shape index (κ3) is 3.92. The number of likely N-dealkylation sites (tertiary alicyclic amines) is 1. The molecule has 1 N–H and O–H groups in total. The molecule has 9 nitrogen and oxygen atoms in total. The Morgan fingerprint density at radius 2 is 2.00 bits per heavy atom. The Kier molecular flexibility index (Phi) is 5.28. The minimum atomic E-state index is -0.0739. The molecular formula is C17H23N7O2S. The molecule has 0 unspecified atom stereocenters. The van der Waals surface area contributed by atoms with Crippen LogP contribution in [-0.2, 0) is 27.2 Å². The van der Waals surface area contributed by atoms with Gasteiger partial charge in [-0.05, 0) is 49.8 Å². The summed E-state index contributed by atoms with van der Waals surface area (Å²) in [6.45, 7) is 2.69. The SMILES string of the molecule is Cn1cnnc1Sc1ccc(CN2CCC(c3nnc(CO)n3C)CC2)o1. The average molecular weight is 389 g/mol. The van der Waals surface area contributed by atoms with Gasteiger partial charge < -0.3 is 18.7 Å². The van der Waals surface area contributed by atoms with Crippen LogP contribution < -0.4 is 0 Å². The minimum absolute atomic E-state index is 0.0739. The van der Waals surface area contributed by atoms with Crippen molar-refractivity contribution in [3.05, 3.63) is 35.9 Å². The maximum Gasteiger partial charge on any atom is 0.198 e. The van der Waals surface area contributed by atoms with Gasteiger partial charge in [0.05, 0.1) is 6.54 Å². The first-order valence-corrected chi connectivity index (χ1v) is 9.77. The summed E-state index contributed by atoms with van der Waals surface area (Å²) in [4.78, 5) is 2.40. The van der Waals surface area contributed by atoms with Gasteiger partial charge in [0, 0.05) is 20.0 Å². The van der Waals surface area contributed by atoms with Gasteiger partial charge in [-0.3, -0.25) is 4.90 Å². The van der Waals surface area contributed by atoms with Crippen molar-refractivity contribution in [1.82, 2.24) is 34.4 Å². The van der Waals surface area contributed by atoms with E-state index in [9.17, 15) is 5.11 Å². The van der Waals surface area contributed by atoms with Gasteiger partial charge in [0.2, 0.25) is 0 Å². The Bertz CT molecular complexity index is 895. The maximum atomic E-state index is 9.28. The Morgan fingerprint density at radius 3 is 2.67 bits per heavy atom. The molecule has 0 aromatic carbocycles. The quantitative estimate of drug-likeness (QED) is 0.678. The fraction of sp³-hybridized carbons (Fsp3) is 0.529. The van der Waals surface area contributed by atoms with E-state index in [1.807, 2.05) is 35.4 Å². The lowest BCUT2D eigenvalue weighted by Gasteiger charge is -2.30. The molecule has 1 saturated heterocycles. The predicted octanol–water partition coefficient (Wildman–Crippen LogP) is 1.56. The van der Waals surface area contributed by atoms with Crippen LogP contribution in [0.2, 0.25) is 0 Å². The minimum Gasteiger partial charge on any atom is -0.453 e. The molecule has 4 rings (SSSR count). The Balaban J connectivity index is 1.32.